The summed E-state index contributed by atoms with van der Waals surface area (Å²) in [7, 11) is 0. The maximum absolute atomic E-state index is 8.92. The fourth-order valence-corrected chi connectivity index (χ4v) is 2.98. The molecule has 0 N–H and O–H groups in total. The Morgan fingerprint density at radius 3 is 2.29 bits per heavy atom. The highest BCUT2D eigenvalue weighted by Gasteiger charge is 2.29. The van der Waals surface area contributed by atoms with Crippen LogP contribution in [0.15, 0.2) is 24.3 Å². The summed E-state index contributed by atoms with van der Waals surface area (Å²) in [6, 6.07) is 11.1. The molecular formula is C22H30N2. The highest BCUT2D eigenvalue weighted by molar-refractivity contribution is 5.37. The van der Waals surface area contributed by atoms with Gasteiger partial charge < -0.3 is 0 Å². The highest BCUT2D eigenvalue weighted by Crippen LogP contribution is 2.34. The van der Waals surface area contributed by atoms with Gasteiger partial charge in [0, 0.05) is 24.4 Å². The molecule has 0 amide bonds. The molecule has 1 aliphatic heterocycles. The number of hydrogen-bond donors (Lipinski definition) is 0. The van der Waals surface area contributed by atoms with Gasteiger partial charge in [-0.1, -0.05) is 44.7 Å². The Kier molecular flexibility index (Phi) is 6.89. The van der Waals surface area contributed by atoms with Crippen LogP contribution in [0.1, 0.15) is 64.0 Å². The standard InChI is InChI=1S/C20H24N2.C2H6/c1-20(10-13-21)11-14-22(15-12-20)16-19-8-6-18(7-9-19)5-4-17-2-3-17;1-2/h6-9,17H,2-3,10-12,14-16H2,1H3;1-2H3. The molecule has 2 fully saturated rings. The summed E-state index contributed by atoms with van der Waals surface area (Å²) >= 11 is 0. The van der Waals surface area contributed by atoms with Gasteiger partial charge in [-0.05, 0) is 61.9 Å². The molecule has 3 rings (SSSR count). The Balaban J connectivity index is 0.00000100. The van der Waals surface area contributed by atoms with Crippen molar-refractivity contribution in [3.05, 3.63) is 35.4 Å². The summed E-state index contributed by atoms with van der Waals surface area (Å²) < 4.78 is 0. The predicted octanol–water partition coefficient (Wildman–Crippen LogP) is 4.99. The summed E-state index contributed by atoms with van der Waals surface area (Å²) in [6.45, 7) is 9.46. The third kappa shape index (κ3) is 5.70. The number of benzene rings is 1. The van der Waals surface area contributed by atoms with Crippen molar-refractivity contribution in [1.29, 1.82) is 5.26 Å². The van der Waals surface area contributed by atoms with E-state index < -0.39 is 0 Å². The lowest BCUT2D eigenvalue weighted by Gasteiger charge is -2.38. The minimum Gasteiger partial charge on any atom is -0.299 e. The normalized spacial score (nSPS) is 19.2. The molecule has 0 spiro atoms. The van der Waals surface area contributed by atoms with Crippen LogP contribution in [0.25, 0.3) is 0 Å². The lowest BCUT2D eigenvalue weighted by molar-refractivity contribution is 0.116. The summed E-state index contributed by atoms with van der Waals surface area (Å²) in [6.07, 6.45) is 5.52. The number of nitrogens with zero attached hydrogens (tertiary/aromatic N) is 2. The fourth-order valence-electron chi connectivity index (χ4n) is 2.98. The van der Waals surface area contributed by atoms with Crippen LogP contribution in [0.3, 0.4) is 0 Å². The van der Waals surface area contributed by atoms with E-state index in [1.165, 1.54) is 18.4 Å². The van der Waals surface area contributed by atoms with Crippen LogP contribution < -0.4 is 0 Å². The number of likely N-dealkylation sites (tertiary alicyclic amines) is 1. The number of nitriles is 1. The largest absolute Gasteiger partial charge is 0.299 e. The van der Waals surface area contributed by atoms with Gasteiger partial charge in [0.25, 0.3) is 0 Å². The third-order valence-corrected chi connectivity index (χ3v) is 4.93. The quantitative estimate of drug-likeness (QED) is 0.733. The molecule has 1 saturated heterocycles. The van der Waals surface area contributed by atoms with Crippen LogP contribution in [0.5, 0.6) is 0 Å². The van der Waals surface area contributed by atoms with Crippen molar-refractivity contribution >= 4 is 0 Å². The van der Waals surface area contributed by atoms with E-state index in [0.29, 0.717) is 12.3 Å². The molecule has 2 nitrogen and oxygen atoms in total. The minimum atomic E-state index is 0.230. The summed E-state index contributed by atoms with van der Waals surface area (Å²) in [4.78, 5) is 2.50. The Morgan fingerprint density at radius 2 is 1.75 bits per heavy atom. The maximum Gasteiger partial charge on any atom is 0.0627 e. The van der Waals surface area contributed by atoms with E-state index in [9.17, 15) is 0 Å². The second-order valence-electron chi connectivity index (χ2n) is 7.16. The molecule has 0 aromatic heterocycles. The molecule has 1 aromatic rings. The van der Waals surface area contributed by atoms with Crippen molar-refractivity contribution in [2.24, 2.45) is 11.3 Å². The van der Waals surface area contributed by atoms with E-state index in [1.807, 2.05) is 13.8 Å². The Hall–Kier alpha value is -1.77. The number of piperidine rings is 1. The topological polar surface area (TPSA) is 27.0 Å². The number of rotatable bonds is 3. The van der Waals surface area contributed by atoms with Crippen LogP contribution in [-0.4, -0.2) is 18.0 Å². The van der Waals surface area contributed by atoms with Gasteiger partial charge in [-0.15, -0.1) is 0 Å². The molecule has 0 atom stereocenters. The van der Waals surface area contributed by atoms with E-state index in [0.717, 1.165) is 38.0 Å². The van der Waals surface area contributed by atoms with Gasteiger partial charge in [0.15, 0.2) is 0 Å². The first-order valence-electron chi connectivity index (χ1n) is 9.37. The van der Waals surface area contributed by atoms with Crippen LogP contribution in [0.2, 0.25) is 0 Å². The van der Waals surface area contributed by atoms with Crippen molar-refractivity contribution in [2.75, 3.05) is 13.1 Å². The van der Waals surface area contributed by atoms with Gasteiger partial charge >= 0.3 is 0 Å². The highest BCUT2D eigenvalue weighted by atomic mass is 15.1. The van der Waals surface area contributed by atoms with Gasteiger partial charge in [0.05, 0.1) is 6.07 Å². The Bertz CT molecular complexity index is 600. The zero-order chi connectivity index (χ0) is 17.4. The van der Waals surface area contributed by atoms with Crippen LogP contribution in [0.4, 0.5) is 0 Å². The molecule has 1 heterocycles. The molecular weight excluding hydrogens is 292 g/mol. The second-order valence-corrected chi connectivity index (χ2v) is 7.16. The fraction of sp³-hybridized carbons (Fsp3) is 0.591. The van der Waals surface area contributed by atoms with Crippen LogP contribution in [0, 0.1) is 34.5 Å². The predicted molar refractivity (Wildman–Crippen MR) is 100 cm³/mol. The Morgan fingerprint density at radius 1 is 1.12 bits per heavy atom. The smallest absolute Gasteiger partial charge is 0.0627 e. The van der Waals surface area contributed by atoms with Crippen molar-refractivity contribution < 1.29 is 0 Å². The molecule has 1 aliphatic carbocycles. The average molecular weight is 322 g/mol. The first-order chi connectivity index (χ1) is 11.7. The van der Waals surface area contributed by atoms with E-state index in [1.54, 1.807) is 0 Å². The van der Waals surface area contributed by atoms with E-state index >= 15 is 0 Å². The van der Waals surface area contributed by atoms with Gasteiger partial charge in [-0.25, -0.2) is 0 Å². The molecule has 128 valence electrons. The van der Waals surface area contributed by atoms with Crippen molar-refractivity contribution in [3.8, 4) is 17.9 Å². The SMILES string of the molecule is CC.CC1(CC#N)CCN(Cc2ccc(C#CC3CC3)cc2)CC1. The van der Waals surface area contributed by atoms with Crippen molar-refractivity contribution in [2.45, 2.75) is 59.4 Å². The lowest BCUT2D eigenvalue weighted by atomic mass is 9.78. The van der Waals surface area contributed by atoms with Crippen molar-refractivity contribution in [1.82, 2.24) is 4.90 Å². The first-order valence-corrected chi connectivity index (χ1v) is 9.37. The summed E-state index contributed by atoms with van der Waals surface area (Å²) in [5, 5.41) is 8.92. The summed E-state index contributed by atoms with van der Waals surface area (Å²) in [5.74, 6) is 7.24. The second kappa shape index (κ2) is 8.91. The van der Waals surface area contributed by atoms with E-state index in [4.69, 9.17) is 5.26 Å². The zero-order valence-corrected chi connectivity index (χ0v) is 15.4. The molecule has 1 saturated carbocycles. The van der Waals surface area contributed by atoms with Gasteiger partial charge in [0.1, 0.15) is 0 Å². The first kappa shape index (κ1) is 18.6. The van der Waals surface area contributed by atoms with Crippen LogP contribution in [-0.2, 0) is 6.54 Å². The van der Waals surface area contributed by atoms with Gasteiger partial charge in [0.2, 0.25) is 0 Å². The molecule has 24 heavy (non-hydrogen) atoms. The third-order valence-electron chi connectivity index (χ3n) is 4.93. The number of hydrogen-bond acceptors (Lipinski definition) is 2. The van der Waals surface area contributed by atoms with Crippen LogP contribution >= 0.6 is 0 Å². The minimum absolute atomic E-state index is 0.230. The van der Waals surface area contributed by atoms with Gasteiger partial charge in [-0.2, -0.15) is 5.26 Å². The molecule has 0 radical (unpaired) electrons. The maximum atomic E-state index is 8.92. The molecule has 0 bridgehead atoms. The van der Waals surface area contributed by atoms with E-state index in [-0.39, 0.29) is 5.41 Å². The monoisotopic (exact) mass is 322 g/mol. The molecule has 2 heteroatoms. The molecule has 1 aromatic carbocycles. The van der Waals surface area contributed by atoms with Gasteiger partial charge in [-0.3, -0.25) is 4.90 Å². The summed E-state index contributed by atoms with van der Waals surface area (Å²) in [5.41, 5.74) is 2.73. The Labute approximate surface area is 147 Å². The molecule has 2 aliphatic rings. The lowest BCUT2D eigenvalue weighted by Crippen LogP contribution is -2.38. The average Bonchev–Trinajstić information content (AvgIpc) is 3.43. The van der Waals surface area contributed by atoms with Crippen molar-refractivity contribution in [3.63, 3.8) is 0 Å². The zero-order valence-electron chi connectivity index (χ0n) is 15.4. The molecule has 0 unspecified atom stereocenters. The van der Waals surface area contributed by atoms with E-state index in [2.05, 4.69) is 54.0 Å².